The van der Waals surface area contributed by atoms with Crippen LogP contribution < -0.4 is 10.1 Å². The van der Waals surface area contributed by atoms with Crippen molar-refractivity contribution in [3.8, 4) is 5.75 Å². The number of fused-ring (bicyclic) bond motifs is 2. The van der Waals surface area contributed by atoms with Crippen molar-refractivity contribution in [1.29, 1.82) is 0 Å². The number of carbonyl (C=O) groups is 1. The Morgan fingerprint density at radius 3 is 2.78 bits per heavy atom. The van der Waals surface area contributed by atoms with Crippen molar-refractivity contribution in [3.05, 3.63) is 46.5 Å². The molecule has 27 heavy (non-hydrogen) atoms. The molecule has 4 rings (SSSR count). The predicted molar refractivity (Wildman–Crippen MR) is 113 cm³/mol. The molecule has 0 bridgehead atoms. The van der Waals surface area contributed by atoms with Crippen LogP contribution in [0.1, 0.15) is 29.2 Å². The van der Waals surface area contributed by atoms with E-state index in [9.17, 15) is 4.79 Å². The summed E-state index contributed by atoms with van der Waals surface area (Å²) >= 11 is 3.48. The molecule has 1 amide bonds. The van der Waals surface area contributed by atoms with E-state index in [1.165, 1.54) is 10.3 Å². The third kappa shape index (κ3) is 3.21. The van der Waals surface area contributed by atoms with Gasteiger partial charge in [0.25, 0.3) is 0 Å². The fraction of sp³-hybridized carbons (Fsp3) is 0.333. The Morgan fingerprint density at radius 2 is 2.04 bits per heavy atom. The SMILES string of the molecule is Cc1c(C)c2c(c(C)c1NC=O)CC(C)(CSc1nc3ccccc3s1)O2. The minimum atomic E-state index is -0.285. The van der Waals surface area contributed by atoms with Crippen LogP contribution in [0.4, 0.5) is 5.69 Å². The molecule has 140 valence electrons. The van der Waals surface area contributed by atoms with Crippen molar-refractivity contribution in [2.45, 2.75) is 44.1 Å². The number of aromatic nitrogens is 1. The number of nitrogens with zero attached hydrogens (tertiary/aromatic N) is 1. The topological polar surface area (TPSA) is 51.2 Å². The first-order valence-corrected chi connectivity index (χ1v) is 10.7. The Morgan fingerprint density at radius 1 is 1.26 bits per heavy atom. The third-order valence-corrected chi connectivity index (χ3v) is 7.79. The van der Waals surface area contributed by atoms with Gasteiger partial charge >= 0.3 is 0 Å². The summed E-state index contributed by atoms with van der Waals surface area (Å²) in [5, 5.41) is 2.87. The number of carbonyl (C=O) groups excluding carboxylic acids is 1. The Hall–Kier alpha value is -2.05. The molecule has 0 aliphatic carbocycles. The van der Waals surface area contributed by atoms with Gasteiger partial charge in [0.05, 0.1) is 10.2 Å². The number of rotatable bonds is 5. The summed E-state index contributed by atoms with van der Waals surface area (Å²) in [6.45, 7) is 8.32. The van der Waals surface area contributed by atoms with Crippen molar-refractivity contribution in [3.63, 3.8) is 0 Å². The zero-order chi connectivity index (χ0) is 19.2. The first-order valence-electron chi connectivity index (χ1n) is 8.92. The van der Waals surface area contributed by atoms with E-state index in [1.54, 1.807) is 23.1 Å². The standard InChI is InChI=1S/C21H22N2O2S2/c1-12-13(2)19-15(14(3)18(12)22-11-24)9-21(4,25-19)10-26-20-23-16-7-5-6-8-17(16)27-20/h5-8,11H,9-10H2,1-4H3,(H,22,24). The highest BCUT2D eigenvalue weighted by molar-refractivity contribution is 8.01. The molecule has 2 aromatic carbocycles. The lowest BCUT2D eigenvalue weighted by Crippen LogP contribution is -2.33. The number of para-hydroxylation sites is 1. The molecule has 1 aliphatic heterocycles. The highest BCUT2D eigenvalue weighted by atomic mass is 32.2. The number of benzene rings is 2. The second-order valence-electron chi connectivity index (χ2n) is 7.28. The maximum Gasteiger partial charge on any atom is 0.211 e. The molecule has 0 spiro atoms. The van der Waals surface area contributed by atoms with Crippen LogP contribution in [0.3, 0.4) is 0 Å². The number of hydrogen-bond donors (Lipinski definition) is 1. The van der Waals surface area contributed by atoms with Gasteiger partial charge in [0, 0.05) is 23.4 Å². The molecule has 0 fully saturated rings. The van der Waals surface area contributed by atoms with Gasteiger partial charge in [-0.15, -0.1) is 11.3 Å². The van der Waals surface area contributed by atoms with Gasteiger partial charge in [-0.1, -0.05) is 23.9 Å². The molecule has 6 heteroatoms. The lowest BCUT2D eigenvalue weighted by molar-refractivity contribution is -0.105. The molecule has 1 N–H and O–H groups in total. The molecule has 3 aromatic rings. The molecular formula is C21H22N2O2S2. The van der Waals surface area contributed by atoms with E-state index < -0.39 is 0 Å². The van der Waals surface area contributed by atoms with E-state index in [1.807, 2.05) is 19.1 Å². The van der Waals surface area contributed by atoms with Crippen molar-refractivity contribution in [2.24, 2.45) is 0 Å². The molecule has 1 aliphatic rings. The summed E-state index contributed by atoms with van der Waals surface area (Å²) in [4.78, 5) is 15.7. The van der Waals surface area contributed by atoms with Gasteiger partial charge in [-0.2, -0.15) is 0 Å². The van der Waals surface area contributed by atoms with Crippen LogP contribution in [-0.4, -0.2) is 22.7 Å². The average Bonchev–Trinajstić information content (AvgIpc) is 3.23. The summed E-state index contributed by atoms with van der Waals surface area (Å²) in [6, 6.07) is 8.23. The van der Waals surface area contributed by atoms with Crippen LogP contribution >= 0.6 is 23.1 Å². The highest BCUT2D eigenvalue weighted by Crippen LogP contribution is 2.46. The van der Waals surface area contributed by atoms with E-state index in [2.05, 4.69) is 38.2 Å². The second kappa shape index (κ2) is 6.84. The third-order valence-electron chi connectivity index (χ3n) is 5.26. The van der Waals surface area contributed by atoms with Gasteiger partial charge in [0.1, 0.15) is 11.4 Å². The number of hydrogen-bond acceptors (Lipinski definition) is 5. The smallest absolute Gasteiger partial charge is 0.211 e. The zero-order valence-electron chi connectivity index (χ0n) is 15.9. The van der Waals surface area contributed by atoms with E-state index in [0.29, 0.717) is 0 Å². The first kappa shape index (κ1) is 18.3. The zero-order valence-corrected chi connectivity index (χ0v) is 17.5. The molecule has 1 unspecified atom stereocenters. The molecule has 2 heterocycles. The van der Waals surface area contributed by atoms with Crippen molar-refractivity contribution >= 4 is 45.4 Å². The minimum Gasteiger partial charge on any atom is -0.486 e. The lowest BCUT2D eigenvalue weighted by atomic mass is 9.92. The fourth-order valence-electron chi connectivity index (χ4n) is 3.68. The fourth-order valence-corrected chi connectivity index (χ4v) is 5.81. The predicted octanol–water partition coefficient (Wildman–Crippen LogP) is 5.28. The van der Waals surface area contributed by atoms with Gasteiger partial charge in [-0.3, -0.25) is 4.79 Å². The van der Waals surface area contributed by atoms with Gasteiger partial charge in [-0.25, -0.2) is 4.98 Å². The average molecular weight is 399 g/mol. The Kier molecular flexibility index (Phi) is 4.64. The molecule has 1 atom stereocenters. The molecule has 0 radical (unpaired) electrons. The Bertz CT molecular complexity index is 1010. The van der Waals surface area contributed by atoms with Crippen LogP contribution in [0.25, 0.3) is 10.2 Å². The van der Waals surface area contributed by atoms with Gasteiger partial charge in [-0.05, 0) is 56.5 Å². The number of anilines is 1. The number of nitrogens with one attached hydrogen (secondary N) is 1. The maximum absolute atomic E-state index is 11.0. The quantitative estimate of drug-likeness (QED) is 0.469. The summed E-state index contributed by atoms with van der Waals surface area (Å²) in [5.41, 5.74) is 6.16. The van der Waals surface area contributed by atoms with Crippen LogP contribution in [0.2, 0.25) is 0 Å². The van der Waals surface area contributed by atoms with E-state index in [-0.39, 0.29) is 5.60 Å². The van der Waals surface area contributed by atoms with E-state index >= 15 is 0 Å². The molecule has 4 nitrogen and oxygen atoms in total. The Labute approximate surface area is 167 Å². The van der Waals surface area contributed by atoms with Crippen molar-refractivity contribution in [1.82, 2.24) is 4.98 Å². The second-order valence-corrected chi connectivity index (χ2v) is 9.54. The van der Waals surface area contributed by atoms with Crippen LogP contribution in [0.15, 0.2) is 28.6 Å². The summed E-state index contributed by atoms with van der Waals surface area (Å²) in [5.74, 6) is 1.81. The maximum atomic E-state index is 11.0. The summed E-state index contributed by atoms with van der Waals surface area (Å²) < 4.78 is 8.75. The van der Waals surface area contributed by atoms with E-state index in [0.717, 1.165) is 56.6 Å². The van der Waals surface area contributed by atoms with Gasteiger partial charge in [0.15, 0.2) is 4.34 Å². The molecular weight excluding hydrogens is 376 g/mol. The first-order chi connectivity index (χ1) is 12.9. The molecule has 0 saturated heterocycles. The molecule has 0 saturated carbocycles. The van der Waals surface area contributed by atoms with Crippen molar-refractivity contribution < 1.29 is 9.53 Å². The lowest BCUT2D eigenvalue weighted by Gasteiger charge is -2.23. The van der Waals surface area contributed by atoms with Crippen LogP contribution in [-0.2, 0) is 11.2 Å². The van der Waals surface area contributed by atoms with E-state index in [4.69, 9.17) is 9.72 Å². The molecule has 1 aromatic heterocycles. The van der Waals surface area contributed by atoms with Gasteiger partial charge < -0.3 is 10.1 Å². The van der Waals surface area contributed by atoms with Crippen LogP contribution in [0, 0.1) is 20.8 Å². The largest absolute Gasteiger partial charge is 0.486 e. The summed E-state index contributed by atoms with van der Waals surface area (Å²) in [6.07, 6.45) is 1.58. The highest BCUT2D eigenvalue weighted by Gasteiger charge is 2.38. The number of thioether (sulfide) groups is 1. The summed E-state index contributed by atoms with van der Waals surface area (Å²) in [7, 11) is 0. The number of amides is 1. The normalized spacial score (nSPS) is 18.4. The monoisotopic (exact) mass is 398 g/mol. The minimum absolute atomic E-state index is 0.285. The number of thiazole rings is 1. The van der Waals surface area contributed by atoms with Gasteiger partial charge in [0.2, 0.25) is 6.41 Å². The van der Waals surface area contributed by atoms with Crippen LogP contribution in [0.5, 0.6) is 5.75 Å². The van der Waals surface area contributed by atoms with Crippen molar-refractivity contribution in [2.75, 3.05) is 11.1 Å². The Balaban J connectivity index is 1.58. The number of ether oxygens (including phenoxy) is 1.